The summed E-state index contributed by atoms with van der Waals surface area (Å²) in [5.74, 6) is 0. The van der Waals surface area contributed by atoms with Crippen molar-refractivity contribution >= 4 is 27.9 Å². The summed E-state index contributed by atoms with van der Waals surface area (Å²) in [7, 11) is 0. The number of aldehydes is 1. The molecule has 0 fully saturated rings. The number of carbonyl (C=O) groups is 1. The molecule has 4 nitrogen and oxygen atoms in total. The molecule has 1 aromatic carbocycles. The number of carbonyl (C=O) groups excluding carboxylic acids is 1. The quantitative estimate of drug-likeness (QED) is 0.456. The zero-order valence-corrected chi connectivity index (χ0v) is 8.37. The smallest absolute Gasteiger partial charge is 0.283 e. The molecule has 0 amide bonds. The van der Waals surface area contributed by atoms with Gasteiger partial charge in [-0.25, -0.2) is 0 Å². The van der Waals surface area contributed by atoms with Crippen LogP contribution in [0.5, 0.6) is 0 Å². The number of benzene rings is 1. The number of nitro groups is 1. The van der Waals surface area contributed by atoms with Gasteiger partial charge in [-0.15, -0.1) is 0 Å². The Balaban J connectivity index is 3.50. The van der Waals surface area contributed by atoms with Crippen LogP contribution < -0.4 is 0 Å². The lowest BCUT2D eigenvalue weighted by Gasteiger charge is -2.01. The molecule has 0 bridgehead atoms. The molecule has 5 heteroatoms. The Kier molecular flexibility index (Phi) is 2.77. The van der Waals surface area contributed by atoms with Crippen LogP contribution in [0.25, 0.3) is 0 Å². The molecular formula is C8H6BrNO3. The van der Waals surface area contributed by atoms with E-state index in [0.717, 1.165) is 0 Å². The first-order valence-corrected chi connectivity index (χ1v) is 4.26. The fraction of sp³-hybridized carbons (Fsp3) is 0.125. The number of rotatable bonds is 2. The van der Waals surface area contributed by atoms with Crippen molar-refractivity contribution in [1.82, 2.24) is 0 Å². The highest BCUT2D eigenvalue weighted by atomic mass is 79.9. The lowest BCUT2D eigenvalue weighted by Crippen LogP contribution is -1.97. The summed E-state index contributed by atoms with van der Waals surface area (Å²) in [6.45, 7) is 1.59. The van der Waals surface area contributed by atoms with E-state index in [1.807, 2.05) is 0 Å². The van der Waals surface area contributed by atoms with E-state index in [1.165, 1.54) is 6.07 Å². The van der Waals surface area contributed by atoms with Gasteiger partial charge in [0.05, 0.1) is 10.5 Å². The molecule has 68 valence electrons. The van der Waals surface area contributed by atoms with E-state index in [2.05, 4.69) is 15.9 Å². The van der Waals surface area contributed by atoms with E-state index in [-0.39, 0.29) is 11.3 Å². The first-order valence-electron chi connectivity index (χ1n) is 3.46. The highest BCUT2D eigenvalue weighted by Gasteiger charge is 2.18. The highest BCUT2D eigenvalue weighted by Crippen LogP contribution is 2.28. The molecular weight excluding hydrogens is 238 g/mol. The van der Waals surface area contributed by atoms with Gasteiger partial charge in [0.2, 0.25) is 0 Å². The summed E-state index contributed by atoms with van der Waals surface area (Å²) in [6.07, 6.45) is 0.484. The predicted molar refractivity (Wildman–Crippen MR) is 50.9 cm³/mol. The van der Waals surface area contributed by atoms with Crippen LogP contribution in [0.1, 0.15) is 15.9 Å². The van der Waals surface area contributed by atoms with E-state index in [4.69, 9.17) is 0 Å². The van der Waals surface area contributed by atoms with Crippen molar-refractivity contribution in [2.75, 3.05) is 0 Å². The normalized spacial score (nSPS) is 9.69. The average Bonchev–Trinajstić information content (AvgIpc) is 2.08. The van der Waals surface area contributed by atoms with Crippen molar-refractivity contribution in [3.05, 3.63) is 37.8 Å². The SMILES string of the molecule is Cc1c(Br)ccc(C=O)c1[N+](=O)[O-]. The molecule has 0 spiro atoms. The molecule has 0 aliphatic rings. The fourth-order valence-corrected chi connectivity index (χ4v) is 1.35. The van der Waals surface area contributed by atoms with Crippen molar-refractivity contribution in [3.63, 3.8) is 0 Å². The van der Waals surface area contributed by atoms with Gasteiger partial charge in [-0.3, -0.25) is 14.9 Å². The van der Waals surface area contributed by atoms with Crippen molar-refractivity contribution in [2.45, 2.75) is 6.92 Å². The number of nitrogens with zero attached hydrogens (tertiary/aromatic N) is 1. The van der Waals surface area contributed by atoms with Gasteiger partial charge in [0.25, 0.3) is 5.69 Å². The predicted octanol–water partition coefficient (Wildman–Crippen LogP) is 2.48. The van der Waals surface area contributed by atoms with Crippen LogP contribution in [-0.4, -0.2) is 11.2 Å². The molecule has 0 saturated carbocycles. The second-order valence-electron chi connectivity index (χ2n) is 2.49. The minimum Gasteiger partial charge on any atom is -0.298 e. The van der Waals surface area contributed by atoms with E-state index >= 15 is 0 Å². The molecule has 1 rings (SSSR count). The molecule has 0 unspecified atom stereocenters. The maximum Gasteiger partial charge on any atom is 0.283 e. The van der Waals surface area contributed by atoms with Gasteiger partial charge in [-0.05, 0) is 19.1 Å². The third-order valence-electron chi connectivity index (χ3n) is 1.71. The fourth-order valence-electron chi connectivity index (χ4n) is 1.03. The number of hydrogen-bond acceptors (Lipinski definition) is 3. The van der Waals surface area contributed by atoms with Gasteiger partial charge >= 0.3 is 0 Å². The van der Waals surface area contributed by atoms with E-state index in [1.54, 1.807) is 13.0 Å². The molecule has 1 aromatic rings. The molecule has 0 atom stereocenters. The second-order valence-corrected chi connectivity index (χ2v) is 3.34. The Morgan fingerprint density at radius 1 is 1.54 bits per heavy atom. The number of halogens is 1. The van der Waals surface area contributed by atoms with E-state index in [0.29, 0.717) is 16.3 Å². The molecule has 0 heterocycles. The number of hydrogen-bond donors (Lipinski definition) is 0. The zero-order chi connectivity index (χ0) is 10.0. The highest BCUT2D eigenvalue weighted by molar-refractivity contribution is 9.10. The summed E-state index contributed by atoms with van der Waals surface area (Å²) in [6, 6.07) is 3.04. The molecule has 13 heavy (non-hydrogen) atoms. The zero-order valence-electron chi connectivity index (χ0n) is 6.78. The lowest BCUT2D eigenvalue weighted by molar-refractivity contribution is -0.385. The van der Waals surface area contributed by atoms with Gasteiger partial charge in [0.15, 0.2) is 6.29 Å². The minimum atomic E-state index is -0.552. The Labute approximate surface area is 82.8 Å². The number of nitro benzene ring substituents is 1. The first kappa shape index (κ1) is 9.85. The van der Waals surface area contributed by atoms with Gasteiger partial charge in [-0.2, -0.15) is 0 Å². The molecule has 0 radical (unpaired) electrons. The standard InChI is InChI=1S/C8H6BrNO3/c1-5-7(9)3-2-6(4-11)8(5)10(12)13/h2-4H,1H3. The lowest BCUT2D eigenvalue weighted by atomic mass is 10.1. The Bertz CT molecular complexity index is 376. The first-order chi connectivity index (χ1) is 6.07. The van der Waals surface area contributed by atoms with Crippen LogP contribution in [0.3, 0.4) is 0 Å². The molecule has 0 aromatic heterocycles. The topological polar surface area (TPSA) is 60.2 Å². The minimum absolute atomic E-state index is 0.103. The Morgan fingerprint density at radius 3 is 2.62 bits per heavy atom. The molecule has 0 N–H and O–H groups in total. The van der Waals surface area contributed by atoms with Crippen LogP contribution in [0, 0.1) is 17.0 Å². The largest absolute Gasteiger partial charge is 0.298 e. The maximum absolute atomic E-state index is 10.6. The van der Waals surface area contributed by atoms with Crippen LogP contribution in [0.4, 0.5) is 5.69 Å². The van der Waals surface area contributed by atoms with Crippen LogP contribution in [-0.2, 0) is 0 Å². The summed E-state index contributed by atoms with van der Waals surface area (Å²) < 4.78 is 0.629. The van der Waals surface area contributed by atoms with Crippen molar-refractivity contribution in [3.8, 4) is 0 Å². The summed E-state index contributed by atoms with van der Waals surface area (Å²) >= 11 is 3.16. The third kappa shape index (κ3) is 1.75. The molecule has 0 aliphatic heterocycles. The van der Waals surface area contributed by atoms with Crippen LogP contribution in [0.2, 0.25) is 0 Å². The summed E-state index contributed by atoms with van der Waals surface area (Å²) in [5.41, 5.74) is 0.435. The summed E-state index contributed by atoms with van der Waals surface area (Å²) in [5, 5.41) is 10.6. The van der Waals surface area contributed by atoms with Crippen molar-refractivity contribution in [2.24, 2.45) is 0 Å². The van der Waals surface area contributed by atoms with Gasteiger partial charge < -0.3 is 0 Å². The third-order valence-corrected chi connectivity index (χ3v) is 2.56. The molecule has 0 aliphatic carbocycles. The average molecular weight is 244 g/mol. The van der Waals surface area contributed by atoms with E-state index in [9.17, 15) is 14.9 Å². The van der Waals surface area contributed by atoms with Gasteiger partial charge in [-0.1, -0.05) is 15.9 Å². The van der Waals surface area contributed by atoms with Crippen molar-refractivity contribution < 1.29 is 9.72 Å². The Hall–Kier alpha value is -1.23. The Morgan fingerprint density at radius 2 is 2.15 bits per heavy atom. The maximum atomic E-state index is 10.6. The van der Waals surface area contributed by atoms with Crippen molar-refractivity contribution in [1.29, 1.82) is 0 Å². The van der Waals surface area contributed by atoms with Gasteiger partial charge in [0.1, 0.15) is 0 Å². The van der Waals surface area contributed by atoms with Crippen LogP contribution >= 0.6 is 15.9 Å². The second kappa shape index (κ2) is 3.66. The van der Waals surface area contributed by atoms with Gasteiger partial charge in [0, 0.05) is 10.0 Å². The summed E-state index contributed by atoms with van der Waals surface area (Å²) in [4.78, 5) is 20.5. The van der Waals surface area contributed by atoms with E-state index < -0.39 is 4.92 Å². The molecule has 0 saturated heterocycles. The van der Waals surface area contributed by atoms with Crippen LogP contribution in [0.15, 0.2) is 16.6 Å². The monoisotopic (exact) mass is 243 g/mol.